The van der Waals surface area contributed by atoms with Crippen molar-refractivity contribution >= 4 is 17.6 Å². The smallest absolute Gasteiger partial charge is 0.316 e. The van der Waals surface area contributed by atoms with Crippen molar-refractivity contribution in [3.8, 4) is 5.75 Å². The second kappa shape index (κ2) is 8.38. The number of hydrogen-bond acceptors (Lipinski definition) is 3. The van der Waals surface area contributed by atoms with Crippen LogP contribution in [0.2, 0.25) is 0 Å². The summed E-state index contributed by atoms with van der Waals surface area (Å²) in [6.45, 7) is 6.70. The quantitative estimate of drug-likeness (QED) is 0.550. The zero-order valence-corrected chi connectivity index (χ0v) is 16.3. The van der Waals surface area contributed by atoms with E-state index in [-0.39, 0.29) is 18.3 Å². The number of benzene rings is 2. The van der Waals surface area contributed by atoms with Crippen LogP contribution >= 0.6 is 0 Å². The van der Waals surface area contributed by atoms with Gasteiger partial charge in [0, 0.05) is 18.7 Å². The molecule has 0 bridgehead atoms. The minimum absolute atomic E-state index is 0.0311. The largest absolute Gasteiger partial charge is 0.426 e. The highest BCUT2D eigenvalue weighted by molar-refractivity contribution is 5.99. The number of carbonyl (C=O) groups excluding carboxylic acids is 2. The van der Waals surface area contributed by atoms with Crippen molar-refractivity contribution in [2.24, 2.45) is 5.92 Å². The fraction of sp³-hybridized carbons (Fsp3) is 0.391. The average molecular weight is 365 g/mol. The number of ether oxygens (including phenoxy) is 1. The summed E-state index contributed by atoms with van der Waals surface area (Å²) >= 11 is 0. The summed E-state index contributed by atoms with van der Waals surface area (Å²) in [4.78, 5) is 26.8. The highest BCUT2D eigenvalue weighted by atomic mass is 16.5. The Balaban J connectivity index is 1.71. The molecule has 0 saturated carbocycles. The van der Waals surface area contributed by atoms with E-state index in [0.29, 0.717) is 18.2 Å². The number of amides is 1. The lowest BCUT2D eigenvalue weighted by Crippen LogP contribution is -2.27. The molecule has 0 spiro atoms. The maximum atomic E-state index is 12.7. The fourth-order valence-electron chi connectivity index (χ4n) is 3.42. The van der Waals surface area contributed by atoms with Gasteiger partial charge in [-0.15, -0.1) is 0 Å². The summed E-state index contributed by atoms with van der Waals surface area (Å²) in [6, 6.07) is 15.6. The van der Waals surface area contributed by atoms with Gasteiger partial charge in [0.2, 0.25) is 5.91 Å². The van der Waals surface area contributed by atoms with E-state index >= 15 is 0 Å². The molecule has 3 rings (SSSR count). The lowest BCUT2D eigenvalue weighted by molar-refractivity contribution is -0.139. The van der Waals surface area contributed by atoms with Crippen molar-refractivity contribution in [1.29, 1.82) is 0 Å². The van der Waals surface area contributed by atoms with Crippen LogP contribution in [-0.2, 0) is 16.0 Å². The Kier molecular flexibility index (Phi) is 5.94. The molecule has 0 radical (unpaired) electrons. The van der Waals surface area contributed by atoms with Crippen LogP contribution < -0.4 is 9.64 Å². The zero-order chi connectivity index (χ0) is 19.4. The number of rotatable bonds is 6. The van der Waals surface area contributed by atoms with Gasteiger partial charge in [0.15, 0.2) is 0 Å². The number of anilines is 1. The molecule has 1 aliphatic rings. The number of aryl methyl sites for hydroxylation is 1. The molecule has 2 aromatic carbocycles. The van der Waals surface area contributed by atoms with Crippen molar-refractivity contribution in [2.45, 2.75) is 46.0 Å². The minimum atomic E-state index is -0.437. The van der Waals surface area contributed by atoms with Gasteiger partial charge in [0.1, 0.15) is 5.75 Å². The third-order valence-corrected chi connectivity index (χ3v) is 5.39. The Morgan fingerprint density at radius 1 is 1.15 bits per heavy atom. The van der Waals surface area contributed by atoms with Crippen LogP contribution in [0.25, 0.3) is 0 Å². The summed E-state index contributed by atoms with van der Waals surface area (Å²) < 4.78 is 5.70. The molecule has 0 aliphatic carbocycles. The molecule has 1 heterocycles. The van der Waals surface area contributed by atoms with Crippen molar-refractivity contribution in [3.63, 3.8) is 0 Å². The second-order valence-electron chi connectivity index (χ2n) is 7.19. The number of para-hydroxylation sites is 1. The normalized spacial score (nSPS) is 17.8. The van der Waals surface area contributed by atoms with Crippen molar-refractivity contribution < 1.29 is 14.3 Å². The molecule has 4 nitrogen and oxygen atoms in total. The van der Waals surface area contributed by atoms with E-state index in [1.807, 2.05) is 48.5 Å². The Bertz CT molecular complexity index is 813. The first-order valence-corrected chi connectivity index (χ1v) is 9.73. The molecular weight excluding hydrogens is 338 g/mol. The predicted octanol–water partition coefficient (Wildman–Crippen LogP) is 4.72. The maximum Gasteiger partial charge on any atom is 0.316 e. The maximum absolute atomic E-state index is 12.7. The van der Waals surface area contributed by atoms with E-state index < -0.39 is 5.92 Å². The van der Waals surface area contributed by atoms with Crippen LogP contribution in [0.15, 0.2) is 48.5 Å². The first-order chi connectivity index (χ1) is 13.0. The van der Waals surface area contributed by atoms with E-state index in [1.54, 1.807) is 4.90 Å². The van der Waals surface area contributed by atoms with E-state index in [0.717, 1.165) is 24.1 Å². The lowest BCUT2D eigenvalue weighted by Gasteiger charge is -2.18. The van der Waals surface area contributed by atoms with Gasteiger partial charge >= 0.3 is 5.97 Å². The molecule has 1 fully saturated rings. The molecule has 27 heavy (non-hydrogen) atoms. The van der Waals surface area contributed by atoms with Gasteiger partial charge in [-0.05, 0) is 48.1 Å². The molecule has 1 aliphatic heterocycles. The molecular formula is C23H27NO3. The third-order valence-electron chi connectivity index (χ3n) is 5.39. The van der Waals surface area contributed by atoms with Gasteiger partial charge in [0.05, 0.1) is 5.92 Å². The standard InChI is InChI=1S/C23H27NO3/c1-4-16(3)20-8-6-7-9-21(20)27-23(26)18-14-22(25)24(15-18)19-12-10-17(5-2)11-13-19/h6-13,16,18H,4-5,14-15H2,1-3H3/t16-,18-/m0/s1. The molecule has 142 valence electrons. The van der Waals surface area contributed by atoms with E-state index in [2.05, 4.69) is 20.8 Å². The van der Waals surface area contributed by atoms with Crippen molar-refractivity contribution in [2.75, 3.05) is 11.4 Å². The SMILES string of the molecule is CCc1ccc(N2C[C@@H](C(=O)Oc3ccccc3[C@@H](C)CC)CC2=O)cc1. The highest BCUT2D eigenvalue weighted by Crippen LogP contribution is 2.31. The van der Waals surface area contributed by atoms with E-state index in [1.165, 1.54) is 5.56 Å². The second-order valence-corrected chi connectivity index (χ2v) is 7.19. The lowest BCUT2D eigenvalue weighted by atomic mass is 9.98. The van der Waals surface area contributed by atoms with E-state index in [4.69, 9.17) is 4.74 Å². The molecule has 1 saturated heterocycles. The van der Waals surface area contributed by atoms with Gasteiger partial charge in [0.25, 0.3) is 0 Å². The first kappa shape index (κ1) is 19.2. The third kappa shape index (κ3) is 4.21. The molecule has 4 heteroatoms. The average Bonchev–Trinajstić information content (AvgIpc) is 3.09. The number of esters is 1. The Morgan fingerprint density at radius 3 is 2.52 bits per heavy atom. The number of carbonyl (C=O) groups is 2. The monoisotopic (exact) mass is 365 g/mol. The number of nitrogens with zero attached hydrogens (tertiary/aromatic N) is 1. The summed E-state index contributed by atoms with van der Waals surface area (Å²) in [5.41, 5.74) is 3.10. The van der Waals surface area contributed by atoms with Crippen LogP contribution in [0.4, 0.5) is 5.69 Å². The van der Waals surface area contributed by atoms with Crippen LogP contribution in [0.3, 0.4) is 0 Å². The Hall–Kier alpha value is -2.62. The summed E-state index contributed by atoms with van der Waals surface area (Å²) in [7, 11) is 0. The summed E-state index contributed by atoms with van der Waals surface area (Å²) in [5.74, 6) is 0.124. The Labute approximate surface area is 161 Å². The molecule has 2 atom stereocenters. The van der Waals surface area contributed by atoms with Crippen molar-refractivity contribution in [1.82, 2.24) is 0 Å². The van der Waals surface area contributed by atoms with Gasteiger partial charge in [-0.1, -0.05) is 51.1 Å². The number of hydrogen-bond donors (Lipinski definition) is 0. The van der Waals surface area contributed by atoms with Gasteiger partial charge in [-0.25, -0.2) is 0 Å². The van der Waals surface area contributed by atoms with Crippen molar-refractivity contribution in [3.05, 3.63) is 59.7 Å². The van der Waals surface area contributed by atoms with Crippen LogP contribution in [-0.4, -0.2) is 18.4 Å². The summed E-state index contributed by atoms with van der Waals surface area (Å²) in [5, 5.41) is 0. The fourth-order valence-corrected chi connectivity index (χ4v) is 3.42. The molecule has 1 amide bonds. The predicted molar refractivity (Wildman–Crippen MR) is 107 cm³/mol. The van der Waals surface area contributed by atoms with Crippen LogP contribution in [0.5, 0.6) is 5.75 Å². The van der Waals surface area contributed by atoms with Crippen LogP contribution in [0.1, 0.15) is 50.7 Å². The zero-order valence-electron chi connectivity index (χ0n) is 16.3. The van der Waals surface area contributed by atoms with Gasteiger partial charge < -0.3 is 9.64 Å². The van der Waals surface area contributed by atoms with Crippen LogP contribution in [0, 0.1) is 5.92 Å². The molecule has 2 aromatic rings. The minimum Gasteiger partial charge on any atom is -0.426 e. The summed E-state index contributed by atoms with van der Waals surface area (Å²) in [6.07, 6.45) is 2.12. The highest BCUT2D eigenvalue weighted by Gasteiger charge is 2.36. The molecule has 0 unspecified atom stereocenters. The first-order valence-electron chi connectivity index (χ1n) is 9.73. The Morgan fingerprint density at radius 2 is 1.85 bits per heavy atom. The molecule has 0 aromatic heterocycles. The molecule has 0 N–H and O–H groups in total. The van der Waals surface area contributed by atoms with E-state index in [9.17, 15) is 9.59 Å². The van der Waals surface area contributed by atoms with Gasteiger partial charge in [-0.3, -0.25) is 9.59 Å². The topological polar surface area (TPSA) is 46.6 Å². The van der Waals surface area contributed by atoms with Gasteiger partial charge in [-0.2, -0.15) is 0 Å².